The average Bonchev–Trinajstić information content (AvgIpc) is 2.91. The van der Waals surface area contributed by atoms with Gasteiger partial charge in [0.1, 0.15) is 5.75 Å². The molecule has 0 aliphatic rings. The molecule has 3 rings (SSSR count). The third kappa shape index (κ3) is 7.82. The Hall–Kier alpha value is -4.86. The summed E-state index contributed by atoms with van der Waals surface area (Å²) >= 11 is 0. The van der Waals surface area contributed by atoms with Crippen LogP contribution in [0.5, 0.6) is 17.2 Å². The fourth-order valence-electron chi connectivity index (χ4n) is 3.29. The van der Waals surface area contributed by atoms with E-state index in [2.05, 4.69) is 21.2 Å². The first-order chi connectivity index (χ1) is 18.3. The normalized spacial score (nSPS) is 10.5. The van der Waals surface area contributed by atoms with Gasteiger partial charge in [-0.3, -0.25) is 14.4 Å². The lowest BCUT2D eigenvalue weighted by Gasteiger charge is -2.12. The zero-order chi connectivity index (χ0) is 27.5. The molecule has 0 bridgehead atoms. The highest BCUT2D eigenvalue weighted by Crippen LogP contribution is 2.28. The van der Waals surface area contributed by atoms with Crippen LogP contribution in [-0.2, 0) is 14.4 Å². The molecule has 10 heteroatoms. The van der Waals surface area contributed by atoms with E-state index >= 15 is 0 Å². The van der Waals surface area contributed by atoms with E-state index in [1.165, 1.54) is 13.3 Å². The molecule has 0 saturated heterocycles. The lowest BCUT2D eigenvalue weighted by Crippen LogP contribution is -2.32. The van der Waals surface area contributed by atoms with Gasteiger partial charge in [-0.1, -0.05) is 18.2 Å². The van der Waals surface area contributed by atoms with Crippen molar-refractivity contribution in [1.29, 1.82) is 0 Å². The third-order valence-electron chi connectivity index (χ3n) is 5.36. The predicted octanol–water partition coefficient (Wildman–Crippen LogP) is 3.82. The van der Waals surface area contributed by atoms with Crippen LogP contribution in [0.15, 0.2) is 65.8 Å². The molecule has 3 aromatic carbocycles. The standard InChI is InChI=1S/C28H30N4O6/c1-5-37-23-9-7-6-8-22(23)31-27(34)28(35)32-29-16-20-11-13-24(25(15-20)36-4)38-17-26(33)30-21-12-10-18(2)19(3)14-21/h6-16H,5,17H2,1-4H3,(H,30,33)(H,31,34)(H,32,35)/b29-16-. The fourth-order valence-corrected chi connectivity index (χ4v) is 3.29. The number of amides is 3. The second-order valence-electron chi connectivity index (χ2n) is 8.13. The Morgan fingerprint density at radius 3 is 2.37 bits per heavy atom. The minimum atomic E-state index is -0.950. The number of hydrogen-bond donors (Lipinski definition) is 3. The number of carbonyl (C=O) groups excluding carboxylic acids is 3. The molecule has 3 aromatic rings. The van der Waals surface area contributed by atoms with Crippen LogP contribution in [0.25, 0.3) is 0 Å². The molecule has 0 fully saturated rings. The maximum Gasteiger partial charge on any atom is 0.329 e. The van der Waals surface area contributed by atoms with E-state index in [4.69, 9.17) is 14.2 Å². The van der Waals surface area contributed by atoms with Crippen LogP contribution in [-0.4, -0.2) is 44.3 Å². The van der Waals surface area contributed by atoms with Crippen LogP contribution in [0.1, 0.15) is 23.6 Å². The largest absolute Gasteiger partial charge is 0.493 e. The third-order valence-corrected chi connectivity index (χ3v) is 5.36. The van der Waals surface area contributed by atoms with E-state index in [1.54, 1.807) is 42.5 Å². The Balaban J connectivity index is 1.53. The Morgan fingerprint density at radius 2 is 1.63 bits per heavy atom. The van der Waals surface area contributed by atoms with E-state index in [9.17, 15) is 14.4 Å². The number of hydrogen-bond acceptors (Lipinski definition) is 7. The lowest BCUT2D eigenvalue weighted by molar-refractivity contribution is -0.136. The van der Waals surface area contributed by atoms with Gasteiger partial charge in [0.15, 0.2) is 18.1 Å². The predicted molar refractivity (Wildman–Crippen MR) is 145 cm³/mol. The summed E-state index contributed by atoms with van der Waals surface area (Å²) in [4.78, 5) is 36.6. The van der Waals surface area contributed by atoms with Crippen molar-refractivity contribution in [3.05, 3.63) is 77.4 Å². The SMILES string of the molecule is CCOc1ccccc1NC(=O)C(=O)N/N=C\c1ccc(OCC(=O)Nc2ccc(C)c(C)c2)c(OC)c1. The van der Waals surface area contributed by atoms with Crippen molar-refractivity contribution < 1.29 is 28.6 Å². The molecule has 0 spiro atoms. The van der Waals surface area contributed by atoms with E-state index in [-0.39, 0.29) is 12.5 Å². The number of benzene rings is 3. The van der Waals surface area contributed by atoms with Gasteiger partial charge in [0.2, 0.25) is 0 Å². The minimum absolute atomic E-state index is 0.214. The first-order valence-corrected chi connectivity index (χ1v) is 11.8. The number of anilines is 2. The maximum absolute atomic E-state index is 12.3. The van der Waals surface area contributed by atoms with Crippen molar-refractivity contribution in [3.8, 4) is 17.2 Å². The second-order valence-corrected chi connectivity index (χ2v) is 8.13. The summed E-state index contributed by atoms with van der Waals surface area (Å²) in [5.41, 5.74) is 6.02. The van der Waals surface area contributed by atoms with Gasteiger partial charge in [0.25, 0.3) is 5.91 Å². The maximum atomic E-state index is 12.3. The zero-order valence-electron chi connectivity index (χ0n) is 21.7. The first kappa shape index (κ1) is 27.7. The lowest BCUT2D eigenvalue weighted by atomic mass is 10.1. The number of para-hydroxylation sites is 2. The van der Waals surface area contributed by atoms with E-state index in [1.807, 2.05) is 39.0 Å². The molecule has 38 heavy (non-hydrogen) atoms. The van der Waals surface area contributed by atoms with Gasteiger partial charge in [-0.25, -0.2) is 5.43 Å². The van der Waals surface area contributed by atoms with Crippen molar-refractivity contribution in [2.45, 2.75) is 20.8 Å². The number of nitrogens with one attached hydrogen (secondary N) is 3. The van der Waals surface area contributed by atoms with Gasteiger partial charge >= 0.3 is 11.8 Å². The van der Waals surface area contributed by atoms with Crippen molar-refractivity contribution >= 4 is 35.3 Å². The molecule has 0 unspecified atom stereocenters. The summed E-state index contributed by atoms with van der Waals surface area (Å²) in [6.45, 7) is 5.99. The van der Waals surface area contributed by atoms with Gasteiger partial charge in [0, 0.05) is 5.69 Å². The molecule has 0 heterocycles. The van der Waals surface area contributed by atoms with Crippen LogP contribution in [0.3, 0.4) is 0 Å². The van der Waals surface area contributed by atoms with Crippen molar-refractivity contribution in [1.82, 2.24) is 5.43 Å². The van der Waals surface area contributed by atoms with Gasteiger partial charge in [-0.15, -0.1) is 0 Å². The van der Waals surface area contributed by atoms with Crippen LogP contribution < -0.4 is 30.3 Å². The molecule has 0 saturated carbocycles. The summed E-state index contributed by atoms with van der Waals surface area (Å²) in [7, 11) is 1.46. The molecule has 0 aromatic heterocycles. The molecule has 3 N–H and O–H groups in total. The van der Waals surface area contributed by atoms with E-state index in [0.717, 1.165) is 11.1 Å². The summed E-state index contributed by atoms with van der Waals surface area (Å²) in [5, 5.41) is 9.11. The summed E-state index contributed by atoms with van der Waals surface area (Å²) in [5.74, 6) is -0.979. The highest BCUT2D eigenvalue weighted by Gasteiger charge is 2.15. The number of rotatable bonds is 10. The zero-order valence-corrected chi connectivity index (χ0v) is 21.7. The first-order valence-electron chi connectivity index (χ1n) is 11.8. The van der Waals surface area contributed by atoms with Gasteiger partial charge < -0.3 is 24.8 Å². The number of carbonyl (C=O) groups is 3. The molecule has 0 radical (unpaired) electrons. The Bertz CT molecular complexity index is 1340. The quantitative estimate of drug-likeness (QED) is 0.213. The van der Waals surface area contributed by atoms with Crippen LogP contribution >= 0.6 is 0 Å². The molecule has 0 aliphatic carbocycles. The van der Waals surface area contributed by atoms with E-state index < -0.39 is 11.8 Å². The topological polar surface area (TPSA) is 127 Å². The molecular formula is C28H30N4O6. The Kier molecular flexibility index (Phi) is 9.81. The fraction of sp³-hybridized carbons (Fsp3) is 0.214. The highest BCUT2D eigenvalue weighted by atomic mass is 16.5. The van der Waals surface area contributed by atoms with E-state index in [0.29, 0.717) is 40.8 Å². The molecule has 3 amide bonds. The number of nitrogens with zero attached hydrogens (tertiary/aromatic N) is 1. The number of hydrazone groups is 1. The molecule has 198 valence electrons. The Morgan fingerprint density at radius 1 is 0.842 bits per heavy atom. The smallest absolute Gasteiger partial charge is 0.329 e. The molecular weight excluding hydrogens is 488 g/mol. The van der Waals surface area contributed by atoms with Crippen molar-refractivity contribution in [3.63, 3.8) is 0 Å². The van der Waals surface area contributed by atoms with Crippen LogP contribution in [0.2, 0.25) is 0 Å². The summed E-state index contributed by atoms with van der Waals surface area (Å²) in [6.07, 6.45) is 1.35. The summed E-state index contributed by atoms with van der Waals surface area (Å²) < 4.78 is 16.4. The minimum Gasteiger partial charge on any atom is -0.493 e. The molecule has 0 atom stereocenters. The van der Waals surface area contributed by atoms with Crippen molar-refractivity contribution in [2.24, 2.45) is 5.10 Å². The van der Waals surface area contributed by atoms with Crippen molar-refractivity contribution in [2.75, 3.05) is 31.0 Å². The Labute approximate surface area is 221 Å². The van der Waals surface area contributed by atoms with Gasteiger partial charge in [-0.2, -0.15) is 5.10 Å². The second kappa shape index (κ2) is 13.4. The van der Waals surface area contributed by atoms with Gasteiger partial charge in [-0.05, 0) is 79.9 Å². The molecule has 0 aliphatic heterocycles. The van der Waals surface area contributed by atoms with Crippen LogP contribution in [0.4, 0.5) is 11.4 Å². The van der Waals surface area contributed by atoms with Gasteiger partial charge in [0.05, 0.1) is 25.6 Å². The van der Waals surface area contributed by atoms with Crippen LogP contribution in [0, 0.1) is 13.8 Å². The highest BCUT2D eigenvalue weighted by molar-refractivity contribution is 6.39. The summed E-state index contributed by atoms with van der Waals surface area (Å²) in [6, 6.07) is 17.3. The average molecular weight is 519 g/mol. The monoisotopic (exact) mass is 518 g/mol. The number of methoxy groups -OCH3 is 1. The number of aryl methyl sites for hydroxylation is 2. The molecule has 10 nitrogen and oxygen atoms in total. The number of ether oxygens (including phenoxy) is 3.